The predicted octanol–water partition coefficient (Wildman–Crippen LogP) is 2.26. The largest absolute Gasteiger partial charge is 0.420 e. The Morgan fingerprint density at radius 2 is 2.27 bits per heavy atom. The molecule has 0 radical (unpaired) electrons. The third-order valence-corrected chi connectivity index (χ3v) is 4.06. The van der Waals surface area contributed by atoms with Gasteiger partial charge < -0.3 is 9.73 Å². The molecule has 2 heterocycles. The van der Waals surface area contributed by atoms with Gasteiger partial charge in [-0.25, -0.2) is 9.78 Å². The minimum absolute atomic E-state index is 0.173. The van der Waals surface area contributed by atoms with Gasteiger partial charge in [-0.2, -0.15) is 0 Å². The minimum atomic E-state index is -0.414. The van der Waals surface area contributed by atoms with E-state index in [9.17, 15) is 9.59 Å². The van der Waals surface area contributed by atoms with E-state index >= 15 is 0 Å². The second-order valence-corrected chi connectivity index (χ2v) is 5.62. The van der Waals surface area contributed by atoms with E-state index in [0.29, 0.717) is 24.2 Å². The number of oxazole rings is 1. The Hall–Kier alpha value is -2.41. The third kappa shape index (κ3) is 2.80. The van der Waals surface area contributed by atoms with Crippen molar-refractivity contribution in [1.29, 1.82) is 0 Å². The summed E-state index contributed by atoms with van der Waals surface area (Å²) < 4.78 is 6.75. The van der Waals surface area contributed by atoms with Crippen LogP contribution in [0.15, 0.2) is 44.4 Å². The van der Waals surface area contributed by atoms with Gasteiger partial charge in [0.15, 0.2) is 5.58 Å². The van der Waals surface area contributed by atoms with Crippen molar-refractivity contribution in [2.45, 2.75) is 25.9 Å². The number of carbonyl (C=O) groups is 1. The van der Waals surface area contributed by atoms with E-state index in [1.807, 2.05) is 25.1 Å². The van der Waals surface area contributed by atoms with Crippen LogP contribution in [0.5, 0.6) is 0 Å². The van der Waals surface area contributed by atoms with Crippen LogP contribution in [-0.2, 0) is 6.54 Å². The zero-order valence-electron chi connectivity index (χ0n) is 12.0. The van der Waals surface area contributed by atoms with Gasteiger partial charge >= 0.3 is 5.76 Å². The van der Waals surface area contributed by atoms with Crippen molar-refractivity contribution >= 4 is 28.3 Å². The van der Waals surface area contributed by atoms with Crippen molar-refractivity contribution in [2.75, 3.05) is 0 Å². The number of nitrogens with zero attached hydrogens (tertiary/aromatic N) is 2. The molecule has 0 bridgehead atoms. The fourth-order valence-electron chi connectivity index (χ4n) is 2.27. The highest BCUT2D eigenvalue weighted by atomic mass is 32.1. The zero-order valence-corrected chi connectivity index (χ0v) is 12.8. The Morgan fingerprint density at radius 1 is 1.45 bits per heavy atom. The monoisotopic (exact) mass is 317 g/mol. The van der Waals surface area contributed by atoms with Gasteiger partial charge in [0.1, 0.15) is 5.69 Å². The molecule has 0 saturated carbocycles. The molecule has 22 heavy (non-hydrogen) atoms. The van der Waals surface area contributed by atoms with Gasteiger partial charge in [-0.05, 0) is 18.6 Å². The number of hydrogen-bond donors (Lipinski definition) is 1. The molecule has 7 heteroatoms. The number of para-hydroxylation sites is 2. The van der Waals surface area contributed by atoms with Crippen molar-refractivity contribution in [2.24, 2.45) is 0 Å². The molecule has 0 spiro atoms. The lowest BCUT2D eigenvalue weighted by atomic mass is 10.2. The molecule has 3 aromatic rings. The Kier molecular flexibility index (Phi) is 4.06. The van der Waals surface area contributed by atoms with E-state index in [-0.39, 0.29) is 11.9 Å². The molecule has 114 valence electrons. The Balaban J connectivity index is 1.81. The lowest BCUT2D eigenvalue weighted by Gasteiger charge is -2.16. The van der Waals surface area contributed by atoms with E-state index in [1.165, 1.54) is 11.3 Å². The average molecular weight is 317 g/mol. The molecule has 1 amide bonds. The summed E-state index contributed by atoms with van der Waals surface area (Å²) in [5.41, 5.74) is 3.29. The second-order valence-electron chi connectivity index (χ2n) is 4.90. The van der Waals surface area contributed by atoms with Gasteiger partial charge in [-0.3, -0.25) is 9.36 Å². The van der Waals surface area contributed by atoms with Crippen LogP contribution >= 0.6 is 11.3 Å². The number of fused-ring (bicyclic) bond motifs is 1. The average Bonchev–Trinajstić information content (AvgIpc) is 3.15. The molecule has 0 aliphatic carbocycles. The number of amides is 1. The maximum absolute atomic E-state index is 12.1. The number of nitrogens with one attached hydrogen (secondary N) is 1. The first-order chi connectivity index (χ1) is 10.7. The number of hydrogen-bond acceptors (Lipinski definition) is 5. The molecule has 1 aromatic carbocycles. The summed E-state index contributed by atoms with van der Waals surface area (Å²) >= 11 is 1.37. The van der Waals surface area contributed by atoms with Crippen molar-refractivity contribution in [3.63, 3.8) is 0 Å². The lowest BCUT2D eigenvalue weighted by Crippen LogP contribution is -2.39. The van der Waals surface area contributed by atoms with Gasteiger partial charge in [0.2, 0.25) is 0 Å². The first kappa shape index (κ1) is 14.5. The van der Waals surface area contributed by atoms with E-state index in [2.05, 4.69) is 10.3 Å². The Morgan fingerprint density at radius 3 is 3.00 bits per heavy atom. The molecule has 0 saturated heterocycles. The summed E-state index contributed by atoms with van der Waals surface area (Å²) in [5.74, 6) is -0.642. The topological polar surface area (TPSA) is 77.1 Å². The summed E-state index contributed by atoms with van der Waals surface area (Å²) in [4.78, 5) is 28.0. The fraction of sp³-hybridized carbons (Fsp3) is 0.267. The van der Waals surface area contributed by atoms with Gasteiger partial charge in [0.25, 0.3) is 5.91 Å². The van der Waals surface area contributed by atoms with E-state index in [0.717, 1.165) is 5.52 Å². The molecule has 2 aromatic heterocycles. The van der Waals surface area contributed by atoms with Gasteiger partial charge in [-0.1, -0.05) is 19.1 Å². The van der Waals surface area contributed by atoms with Gasteiger partial charge in [0, 0.05) is 18.0 Å². The van der Waals surface area contributed by atoms with Crippen LogP contribution < -0.4 is 11.1 Å². The number of rotatable bonds is 5. The number of aromatic nitrogens is 2. The summed E-state index contributed by atoms with van der Waals surface area (Å²) in [7, 11) is 0. The van der Waals surface area contributed by atoms with E-state index in [1.54, 1.807) is 21.5 Å². The Labute approximate surface area is 130 Å². The van der Waals surface area contributed by atoms with Crippen molar-refractivity contribution < 1.29 is 9.21 Å². The summed E-state index contributed by atoms with van der Waals surface area (Å²) in [6, 6.07) is 7.07. The maximum atomic E-state index is 12.1. The smallest absolute Gasteiger partial charge is 0.408 e. The number of carbonyl (C=O) groups excluding carboxylic acids is 1. The molecule has 0 aliphatic heterocycles. The molecule has 0 fully saturated rings. The molecule has 3 rings (SSSR count). The molecule has 6 nitrogen and oxygen atoms in total. The van der Waals surface area contributed by atoms with Crippen LogP contribution in [0.2, 0.25) is 0 Å². The normalized spacial score (nSPS) is 12.4. The van der Waals surface area contributed by atoms with E-state index < -0.39 is 5.76 Å². The highest BCUT2D eigenvalue weighted by Crippen LogP contribution is 2.13. The van der Waals surface area contributed by atoms with Crippen molar-refractivity contribution in [1.82, 2.24) is 14.9 Å². The van der Waals surface area contributed by atoms with Crippen LogP contribution in [0.1, 0.15) is 23.8 Å². The summed E-state index contributed by atoms with van der Waals surface area (Å²) in [6.45, 7) is 2.32. The van der Waals surface area contributed by atoms with Gasteiger partial charge in [-0.15, -0.1) is 11.3 Å². The molecule has 1 N–H and O–H groups in total. The van der Waals surface area contributed by atoms with Crippen LogP contribution in [0.3, 0.4) is 0 Å². The molecule has 1 atom stereocenters. The number of benzene rings is 1. The van der Waals surface area contributed by atoms with Crippen LogP contribution in [0.4, 0.5) is 0 Å². The van der Waals surface area contributed by atoms with Crippen molar-refractivity contribution in [3.8, 4) is 0 Å². The standard InChI is InChI=1S/C15H15N3O3S/c1-2-10(17-14(19)11-8-22-9-16-11)7-18-12-5-3-4-6-13(12)21-15(18)20/h3-6,8-10H,2,7H2,1H3,(H,17,19)/t10-/m1/s1. The molecule has 0 aliphatic rings. The predicted molar refractivity (Wildman–Crippen MR) is 84.1 cm³/mol. The SMILES string of the molecule is CC[C@H](Cn1c(=O)oc2ccccc21)NC(=O)c1cscn1. The Bertz CT molecular complexity index is 835. The van der Waals surface area contributed by atoms with Crippen molar-refractivity contribution in [3.05, 3.63) is 51.4 Å². The van der Waals surface area contributed by atoms with Crippen LogP contribution in [0, 0.1) is 0 Å². The molecular formula is C15H15N3O3S. The molecular weight excluding hydrogens is 302 g/mol. The number of thiazole rings is 1. The first-order valence-electron chi connectivity index (χ1n) is 6.96. The maximum Gasteiger partial charge on any atom is 0.420 e. The van der Waals surface area contributed by atoms with Crippen LogP contribution in [-0.4, -0.2) is 21.5 Å². The zero-order chi connectivity index (χ0) is 15.5. The van der Waals surface area contributed by atoms with Crippen LogP contribution in [0.25, 0.3) is 11.1 Å². The highest BCUT2D eigenvalue weighted by molar-refractivity contribution is 7.07. The molecule has 0 unspecified atom stereocenters. The lowest BCUT2D eigenvalue weighted by molar-refractivity contribution is 0.0927. The minimum Gasteiger partial charge on any atom is -0.408 e. The first-order valence-corrected chi connectivity index (χ1v) is 7.90. The third-order valence-electron chi connectivity index (χ3n) is 3.47. The summed E-state index contributed by atoms with van der Waals surface area (Å²) in [5, 5.41) is 4.60. The summed E-state index contributed by atoms with van der Waals surface area (Å²) in [6.07, 6.45) is 0.696. The highest BCUT2D eigenvalue weighted by Gasteiger charge is 2.17. The second kappa shape index (κ2) is 6.15. The quantitative estimate of drug-likeness (QED) is 0.783. The van der Waals surface area contributed by atoms with E-state index in [4.69, 9.17) is 4.42 Å². The van der Waals surface area contributed by atoms with Gasteiger partial charge in [0.05, 0.1) is 11.0 Å². The fourth-order valence-corrected chi connectivity index (χ4v) is 2.80.